The molecule has 0 aromatic rings. The maximum absolute atomic E-state index is 11.8. The third-order valence-corrected chi connectivity index (χ3v) is 5.42. The molecule has 2 atom stereocenters. The zero-order valence-electron chi connectivity index (χ0n) is 20.2. The van der Waals surface area contributed by atoms with E-state index in [1.165, 1.54) is 0 Å². The molecule has 0 bridgehead atoms. The van der Waals surface area contributed by atoms with Crippen molar-refractivity contribution in [2.75, 3.05) is 26.2 Å². The fourth-order valence-electron chi connectivity index (χ4n) is 3.27. The van der Waals surface area contributed by atoms with Crippen LogP contribution in [0.1, 0.15) is 81.6 Å². The predicted octanol–water partition coefficient (Wildman–Crippen LogP) is 5.55. The van der Waals surface area contributed by atoms with E-state index in [4.69, 9.17) is 9.47 Å². The standard InChI is InChI=1S/C12H23NO2.C11H21NO2/c1-9-6-7-13(8-10(9)2)11(14)15-12(3,4)5;1-9-5-7-12(8-6-9)10(13)14-11(2,3)4/h9-10H,6-8H2,1-5H3;9H,5-8H2,1-4H3/t9-,10-;/m1./s1. The zero-order valence-corrected chi connectivity index (χ0v) is 20.2. The number of piperidine rings is 2. The smallest absolute Gasteiger partial charge is 0.410 e. The minimum Gasteiger partial charge on any atom is -0.444 e. The molecule has 0 spiro atoms. The van der Waals surface area contributed by atoms with E-state index in [1.807, 2.05) is 51.3 Å². The molecule has 2 aliphatic heterocycles. The molecule has 0 saturated carbocycles. The normalized spacial score (nSPS) is 23.8. The van der Waals surface area contributed by atoms with Crippen molar-refractivity contribution in [3.05, 3.63) is 0 Å². The van der Waals surface area contributed by atoms with Gasteiger partial charge in [0, 0.05) is 26.2 Å². The lowest BCUT2D eigenvalue weighted by Crippen LogP contribution is -2.44. The predicted molar refractivity (Wildman–Crippen MR) is 117 cm³/mol. The highest BCUT2D eigenvalue weighted by atomic mass is 16.6. The molecule has 6 heteroatoms. The fourth-order valence-corrected chi connectivity index (χ4v) is 3.27. The molecule has 170 valence electrons. The Morgan fingerprint density at radius 1 is 0.690 bits per heavy atom. The number of rotatable bonds is 0. The SMILES string of the molecule is CC1CCN(C(=O)OC(C)(C)C)CC1.C[C@@H]1CCN(C(=O)OC(C)(C)C)C[C@H]1C. The van der Waals surface area contributed by atoms with Crippen LogP contribution < -0.4 is 0 Å². The summed E-state index contributed by atoms with van der Waals surface area (Å²) in [5.41, 5.74) is -0.760. The summed E-state index contributed by atoms with van der Waals surface area (Å²) in [4.78, 5) is 27.0. The third-order valence-electron chi connectivity index (χ3n) is 5.42. The van der Waals surface area contributed by atoms with Crippen LogP contribution in [0.2, 0.25) is 0 Å². The summed E-state index contributed by atoms with van der Waals surface area (Å²) in [6.45, 7) is 21.4. The molecule has 2 saturated heterocycles. The lowest BCUT2D eigenvalue weighted by molar-refractivity contribution is 0.0126. The van der Waals surface area contributed by atoms with Crippen molar-refractivity contribution >= 4 is 12.2 Å². The Hall–Kier alpha value is -1.46. The van der Waals surface area contributed by atoms with E-state index in [2.05, 4.69) is 20.8 Å². The van der Waals surface area contributed by atoms with Crippen molar-refractivity contribution in [3.63, 3.8) is 0 Å². The Balaban J connectivity index is 0.000000291. The van der Waals surface area contributed by atoms with Gasteiger partial charge in [-0.2, -0.15) is 0 Å². The first kappa shape index (κ1) is 25.6. The van der Waals surface area contributed by atoms with E-state index in [-0.39, 0.29) is 23.4 Å². The Kier molecular flexibility index (Phi) is 9.29. The van der Waals surface area contributed by atoms with Crippen LogP contribution in [0.3, 0.4) is 0 Å². The minimum atomic E-state index is -0.386. The molecular weight excluding hydrogens is 368 g/mol. The second kappa shape index (κ2) is 10.5. The van der Waals surface area contributed by atoms with E-state index in [0.717, 1.165) is 51.4 Å². The van der Waals surface area contributed by atoms with Crippen LogP contribution in [0, 0.1) is 17.8 Å². The molecule has 0 N–H and O–H groups in total. The van der Waals surface area contributed by atoms with Crippen molar-refractivity contribution in [2.24, 2.45) is 17.8 Å². The first-order chi connectivity index (χ1) is 13.2. The van der Waals surface area contributed by atoms with Crippen LogP contribution in [0.5, 0.6) is 0 Å². The molecule has 0 radical (unpaired) electrons. The first-order valence-corrected chi connectivity index (χ1v) is 11.1. The van der Waals surface area contributed by atoms with Crippen molar-refractivity contribution in [1.82, 2.24) is 9.80 Å². The molecular formula is C23H44N2O4. The van der Waals surface area contributed by atoms with E-state index in [1.54, 1.807) is 0 Å². The Labute approximate surface area is 178 Å². The number of hydrogen-bond donors (Lipinski definition) is 0. The number of carbonyl (C=O) groups is 2. The Bertz CT molecular complexity index is 528. The van der Waals surface area contributed by atoms with Crippen LogP contribution in [0.25, 0.3) is 0 Å². The van der Waals surface area contributed by atoms with Gasteiger partial charge in [-0.05, 0) is 78.6 Å². The van der Waals surface area contributed by atoms with Crippen LogP contribution in [-0.4, -0.2) is 59.4 Å². The van der Waals surface area contributed by atoms with Gasteiger partial charge in [0.05, 0.1) is 0 Å². The van der Waals surface area contributed by atoms with Gasteiger partial charge < -0.3 is 19.3 Å². The minimum absolute atomic E-state index is 0.163. The van der Waals surface area contributed by atoms with Gasteiger partial charge in [-0.15, -0.1) is 0 Å². The molecule has 0 unspecified atom stereocenters. The summed E-state index contributed by atoms with van der Waals surface area (Å²) < 4.78 is 10.6. The number of nitrogens with zero attached hydrogens (tertiary/aromatic N) is 2. The molecule has 2 amide bonds. The third kappa shape index (κ3) is 10.2. The maximum atomic E-state index is 11.8. The molecule has 0 aromatic heterocycles. The largest absolute Gasteiger partial charge is 0.444 e. The van der Waals surface area contributed by atoms with Crippen molar-refractivity contribution in [1.29, 1.82) is 0 Å². The Morgan fingerprint density at radius 3 is 1.52 bits per heavy atom. The van der Waals surface area contributed by atoms with Gasteiger partial charge >= 0.3 is 12.2 Å². The highest BCUT2D eigenvalue weighted by Crippen LogP contribution is 2.24. The van der Waals surface area contributed by atoms with Gasteiger partial charge in [-0.1, -0.05) is 20.8 Å². The summed E-state index contributed by atoms with van der Waals surface area (Å²) >= 11 is 0. The van der Waals surface area contributed by atoms with Gasteiger partial charge in [-0.25, -0.2) is 9.59 Å². The summed E-state index contributed by atoms with van der Waals surface area (Å²) in [6.07, 6.45) is 2.95. The highest BCUT2D eigenvalue weighted by Gasteiger charge is 2.29. The second-order valence-electron chi connectivity index (χ2n) is 10.8. The number of hydrogen-bond acceptors (Lipinski definition) is 4. The summed E-state index contributed by atoms with van der Waals surface area (Å²) in [6, 6.07) is 0. The van der Waals surface area contributed by atoms with Crippen molar-refractivity contribution < 1.29 is 19.1 Å². The number of likely N-dealkylation sites (tertiary alicyclic amines) is 2. The van der Waals surface area contributed by atoms with Crippen LogP contribution in [-0.2, 0) is 9.47 Å². The monoisotopic (exact) mass is 412 g/mol. The van der Waals surface area contributed by atoms with E-state index >= 15 is 0 Å². The lowest BCUT2D eigenvalue weighted by atomic mass is 9.89. The zero-order chi connectivity index (χ0) is 22.4. The number of ether oxygens (including phenoxy) is 2. The molecule has 2 heterocycles. The van der Waals surface area contributed by atoms with Crippen LogP contribution in [0.4, 0.5) is 9.59 Å². The number of carbonyl (C=O) groups excluding carboxylic acids is 2. The van der Waals surface area contributed by atoms with Gasteiger partial charge in [0.2, 0.25) is 0 Å². The molecule has 0 aromatic carbocycles. The quantitative estimate of drug-likeness (QED) is 0.523. The second-order valence-corrected chi connectivity index (χ2v) is 10.8. The maximum Gasteiger partial charge on any atom is 0.410 e. The van der Waals surface area contributed by atoms with Crippen molar-refractivity contribution in [3.8, 4) is 0 Å². The van der Waals surface area contributed by atoms with E-state index in [0.29, 0.717) is 11.8 Å². The van der Waals surface area contributed by atoms with E-state index < -0.39 is 0 Å². The average molecular weight is 413 g/mol. The first-order valence-electron chi connectivity index (χ1n) is 11.1. The van der Waals surface area contributed by atoms with Crippen molar-refractivity contribution in [2.45, 2.75) is 92.8 Å². The summed E-state index contributed by atoms with van der Waals surface area (Å²) in [7, 11) is 0. The van der Waals surface area contributed by atoms with Gasteiger partial charge in [0.25, 0.3) is 0 Å². The molecule has 2 rings (SSSR count). The molecule has 2 aliphatic rings. The summed E-state index contributed by atoms with van der Waals surface area (Å²) in [5.74, 6) is 2.03. The Morgan fingerprint density at radius 2 is 1.10 bits per heavy atom. The topological polar surface area (TPSA) is 59.1 Å². The van der Waals surface area contributed by atoms with Gasteiger partial charge in [0.15, 0.2) is 0 Å². The number of amides is 2. The summed E-state index contributed by atoms with van der Waals surface area (Å²) in [5, 5.41) is 0. The molecule has 29 heavy (non-hydrogen) atoms. The fraction of sp³-hybridized carbons (Fsp3) is 0.913. The lowest BCUT2D eigenvalue weighted by Gasteiger charge is -2.36. The molecule has 6 nitrogen and oxygen atoms in total. The highest BCUT2D eigenvalue weighted by molar-refractivity contribution is 5.68. The van der Waals surface area contributed by atoms with Crippen LogP contribution in [0.15, 0.2) is 0 Å². The van der Waals surface area contributed by atoms with E-state index in [9.17, 15) is 9.59 Å². The molecule has 2 fully saturated rings. The van der Waals surface area contributed by atoms with Crippen LogP contribution >= 0.6 is 0 Å². The van der Waals surface area contributed by atoms with Gasteiger partial charge in [-0.3, -0.25) is 0 Å². The molecule has 0 aliphatic carbocycles. The van der Waals surface area contributed by atoms with Gasteiger partial charge in [0.1, 0.15) is 11.2 Å². The average Bonchev–Trinajstić information content (AvgIpc) is 2.55.